The van der Waals surface area contributed by atoms with E-state index in [1.54, 1.807) is 31.2 Å². The molecule has 1 atom stereocenters. The zero-order valence-electron chi connectivity index (χ0n) is 18.4. The molecule has 2 N–H and O–H groups in total. The van der Waals surface area contributed by atoms with Crippen molar-refractivity contribution in [2.45, 2.75) is 19.9 Å². The Balaban J connectivity index is 1.81. The molecule has 5 nitrogen and oxygen atoms in total. The van der Waals surface area contributed by atoms with E-state index in [2.05, 4.69) is 4.98 Å². The Kier molecular flexibility index (Phi) is 5.25. The van der Waals surface area contributed by atoms with Gasteiger partial charge >= 0.3 is 0 Å². The molecule has 4 aromatic rings. The first-order valence-corrected chi connectivity index (χ1v) is 11.1. The number of carbonyl (C=O) groups is 2. The van der Waals surface area contributed by atoms with Gasteiger partial charge in [-0.15, -0.1) is 0 Å². The van der Waals surface area contributed by atoms with Gasteiger partial charge in [0.2, 0.25) is 0 Å². The monoisotopic (exact) mass is 474 g/mol. The molecule has 0 saturated carbocycles. The van der Waals surface area contributed by atoms with Crippen molar-refractivity contribution in [1.82, 2.24) is 4.98 Å². The molecule has 170 valence electrons. The summed E-state index contributed by atoms with van der Waals surface area (Å²) in [6.45, 7) is 3.43. The lowest BCUT2D eigenvalue weighted by Crippen LogP contribution is -2.29. The van der Waals surface area contributed by atoms with Gasteiger partial charge in [-0.25, -0.2) is 4.39 Å². The van der Waals surface area contributed by atoms with Gasteiger partial charge in [-0.05, 0) is 67.9 Å². The van der Waals surface area contributed by atoms with Gasteiger partial charge in [-0.2, -0.15) is 0 Å². The van der Waals surface area contributed by atoms with E-state index in [4.69, 9.17) is 11.6 Å². The minimum atomic E-state index is -0.900. The van der Waals surface area contributed by atoms with E-state index in [-0.39, 0.29) is 16.9 Å². The smallest absolute Gasteiger partial charge is 0.300 e. The van der Waals surface area contributed by atoms with E-state index in [1.807, 2.05) is 31.2 Å². The first-order valence-electron chi connectivity index (χ1n) is 10.7. The molecule has 0 radical (unpaired) electrons. The van der Waals surface area contributed by atoms with Gasteiger partial charge in [0, 0.05) is 38.4 Å². The van der Waals surface area contributed by atoms with Crippen molar-refractivity contribution < 1.29 is 19.1 Å². The number of H-pyrrole nitrogens is 1. The van der Waals surface area contributed by atoms with Gasteiger partial charge in [-0.1, -0.05) is 29.8 Å². The molecule has 5 rings (SSSR count). The number of para-hydroxylation sites is 1. The highest BCUT2D eigenvalue weighted by Crippen LogP contribution is 2.45. The fourth-order valence-corrected chi connectivity index (χ4v) is 4.70. The Morgan fingerprint density at radius 2 is 1.74 bits per heavy atom. The van der Waals surface area contributed by atoms with Crippen LogP contribution >= 0.6 is 11.6 Å². The van der Waals surface area contributed by atoms with Crippen molar-refractivity contribution >= 4 is 45.6 Å². The highest BCUT2D eigenvalue weighted by Gasteiger charge is 2.48. The fourth-order valence-electron chi connectivity index (χ4n) is 4.57. The van der Waals surface area contributed by atoms with Crippen LogP contribution in [0.3, 0.4) is 0 Å². The maximum absolute atomic E-state index is 13.9. The Morgan fingerprint density at radius 3 is 2.44 bits per heavy atom. The molecular weight excluding hydrogens is 455 g/mol. The summed E-state index contributed by atoms with van der Waals surface area (Å²) < 4.78 is 13.9. The average molecular weight is 475 g/mol. The number of aryl methyl sites for hydroxylation is 2. The van der Waals surface area contributed by atoms with Crippen molar-refractivity contribution in [2.75, 3.05) is 4.90 Å². The fraction of sp³-hybridized carbons (Fsp3) is 0.111. The molecule has 1 amide bonds. The van der Waals surface area contributed by atoms with Crippen LogP contribution in [0.1, 0.15) is 28.4 Å². The molecule has 1 aromatic heterocycles. The summed E-state index contributed by atoms with van der Waals surface area (Å²) in [4.78, 5) is 31.4. The number of benzene rings is 3. The Bertz CT molecular complexity index is 1500. The van der Waals surface area contributed by atoms with E-state index < -0.39 is 23.5 Å². The Morgan fingerprint density at radius 1 is 1.03 bits per heavy atom. The lowest BCUT2D eigenvalue weighted by Gasteiger charge is -2.26. The summed E-state index contributed by atoms with van der Waals surface area (Å²) >= 11 is 6.05. The highest BCUT2D eigenvalue weighted by atomic mass is 35.5. The molecule has 1 fully saturated rings. The lowest BCUT2D eigenvalue weighted by molar-refractivity contribution is -0.132. The van der Waals surface area contributed by atoms with Crippen LogP contribution in [0.2, 0.25) is 5.02 Å². The van der Waals surface area contributed by atoms with Crippen molar-refractivity contribution in [3.8, 4) is 0 Å². The first-order chi connectivity index (χ1) is 16.3. The lowest BCUT2D eigenvalue weighted by atomic mass is 9.93. The SMILES string of the molecule is Cc1cc(/C(O)=C2\C(=O)C(=O)N(c3ccc(Cl)cc3)C2c2c(C)[nH]c3ccccc23)ccc1F. The zero-order chi connectivity index (χ0) is 24.1. The second kappa shape index (κ2) is 8.15. The number of rotatable bonds is 3. The predicted molar refractivity (Wildman–Crippen MR) is 130 cm³/mol. The van der Waals surface area contributed by atoms with Gasteiger partial charge in [0.05, 0.1) is 11.6 Å². The number of nitrogens with one attached hydrogen (secondary N) is 1. The number of aliphatic hydroxyl groups excluding tert-OH is 1. The minimum absolute atomic E-state index is 0.0567. The van der Waals surface area contributed by atoms with Crippen molar-refractivity contribution in [1.29, 1.82) is 0 Å². The summed E-state index contributed by atoms with van der Waals surface area (Å²) in [6.07, 6.45) is 0. The van der Waals surface area contributed by atoms with E-state index >= 15 is 0 Å². The molecule has 7 heteroatoms. The van der Waals surface area contributed by atoms with Crippen LogP contribution in [0.25, 0.3) is 16.7 Å². The largest absolute Gasteiger partial charge is 0.507 e. The molecule has 2 heterocycles. The van der Waals surface area contributed by atoms with Crippen LogP contribution in [0.5, 0.6) is 0 Å². The minimum Gasteiger partial charge on any atom is -0.507 e. The average Bonchev–Trinajstić information content (AvgIpc) is 3.28. The molecule has 0 spiro atoms. The van der Waals surface area contributed by atoms with Gasteiger partial charge in [0.15, 0.2) is 0 Å². The molecule has 3 aromatic carbocycles. The number of carbonyl (C=O) groups excluding carboxylic acids is 2. The standard InChI is InChI=1S/C27H20ClFN2O3/c1-14-13-16(7-12-20(14)29)25(32)23-24(22-15(2)30-21-6-4-3-5-19(21)22)31(27(34)26(23)33)18-10-8-17(28)9-11-18/h3-13,24,30,32H,1-2H3/b25-23+. The predicted octanol–water partition coefficient (Wildman–Crippen LogP) is 6.20. The van der Waals surface area contributed by atoms with Crippen LogP contribution in [0.15, 0.2) is 72.3 Å². The maximum atomic E-state index is 13.9. The van der Waals surface area contributed by atoms with E-state index in [0.29, 0.717) is 21.8 Å². The van der Waals surface area contributed by atoms with Crippen LogP contribution in [0.4, 0.5) is 10.1 Å². The Labute approximate surface area is 200 Å². The molecule has 1 unspecified atom stereocenters. The highest BCUT2D eigenvalue weighted by molar-refractivity contribution is 6.52. The quantitative estimate of drug-likeness (QED) is 0.211. The summed E-state index contributed by atoms with van der Waals surface area (Å²) in [5, 5.41) is 12.6. The second-order valence-corrected chi connectivity index (χ2v) is 8.76. The number of aromatic nitrogens is 1. The van der Waals surface area contributed by atoms with Gasteiger partial charge in [0.1, 0.15) is 11.6 Å². The topological polar surface area (TPSA) is 73.4 Å². The molecule has 34 heavy (non-hydrogen) atoms. The van der Waals surface area contributed by atoms with Gasteiger partial charge in [-0.3, -0.25) is 14.5 Å². The number of hydrogen-bond donors (Lipinski definition) is 2. The number of Topliss-reactive ketones (excluding diaryl/α,β-unsaturated/α-hetero) is 1. The zero-order valence-corrected chi connectivity index (χ0v) is 19.2. The molecule has 0 bridgehead atoms. The number of hydrogen-bond acceptors (Lipinski definition) is 3. The number of anilines is 1. The van der Waals surface area contributed by atoms with Crippen LogP contribution in [0, 0.1) is 19.7 Å². The van der Waals surface area contributed by atoms with Crippen molar-refractivity contribution in [3.63, 3.8) is 0 Å². The summed E-state index contributed by atoms with van der Waals surface area (Å²) in [5.41, 5.74) is 3.29. The van der Waals surface area contributed by atoms with Crippen LogP contribution in [-0.4, -0.2) is 21.8 Å². The van der Waals surface area contributed by atoms with Gasteiger partial charge < -0.3 is 10.1 Å². The number of amides is 1. The maximum Gasteiger partial charge on any atom is 0.300 e. The molecule has 1 saturated heterocycles. The number of aromatic amines is 1. The van der Waals surface area contributed by atoms with E-state index in [0.717, 1.165) is 16.6 Å². The number of fused-ring (bicyclic) bond motifs is 1. The molecule has 1 aliphatic rings. The van der Waals surface area contributed by atoms with Gasteiger partial charge in [0.25, 0.3) is 11.7 Å². The first kappa shape index (κ1) is 21.9. The number of aliphatic hydroxyl groups is 1. The number of ketones is 1. The normalized spacial score (nSPS) is 17.6. The van der Waals surface area contributed by atoms with Crippen LogP contribution < -0.4 is 4.90 Å². The summed E-state index contributed by atoms with van der Waals surface area (Å²) in [7, 11) is 0. The third kappa shape index (κ3) is 3.38. The molecular formula is C27H20ClFN2O3. The number of halogens is 2. The third-order valence-corrected chi connectivity index (χ3v) is 6.45. The third-order valence-electron chi connectivity index (χ3n) is 6.20. The van der Waals surface area contributed by atoms with Crippen molar-refractivity contribution in [2.24, 2.45) is 0 Å². The van der Waals surface area contributed by atoms with Crippen molar-refractivity contribution in [3.05, 3.63) is 106 Å². The summed E-state index contributed by atoms with van der Waals surface area (Å²) in [6, 6.07) is 17.3. The summed E-state index contributed by atoms with van der Waals surface area (Å²) in [5.74, 6) is -2.36. The van der Waals surface area contributed by atoms with Crippen LogP contribution in [-0.2, 0) is 9.59 Å². The number of nitrogens with zero attached hydrogens (tertiary/aromatic N) is 1. The molecule has 0 aliphatic carbocycles. The van der Waals surface area contributed by atoms with E-state index in [9.17, 15) is 19.1 Å². The second-order valence-electron chi connectivity index (χ2n) is 8.32. The Hall–Kier alpha value is -3.90. The molecule has 1 aliphatic heterocycles. The van der Waals surface area contributed by atoms with E-state index in [1.165, 1.54) is 23.1 Å².